The second-order valence-electron chi connectivity index (χ2n) is 5.83. The first-order valence-electron chi connectivity index (χ1n) is 8.04. The van der Waals surface area contributed by atoms with Crippen molar-refractivity contribution in [3.63, 3.8) is 0 Å². The van der Waals surface area contributed by atoms with Crippen molar-refractivity contribution in [3.05, 3.63) is 24.0 Å². The van der Waals surface area contributed by atoms with Crippen LogP contribution >= 0.6 is 0 Å². The van der Waals surface area contributed by atoms with Gasteiger partial charge >= 0.3 is 6.09 Å². The maximum absolute atomic E-state index is 14.6. The number of terminal acetylenes is 1. The van der Waals surface area contributed by atoms with Crippen molar-refractivity contribution in [3.8, 4) is 12.3 Å². The topological polar surface area (TPSA) is 60.4 Å². The third-order valence-corrected chi connectivity index (χ3v) is 4.09. The summed E-state index contributed by atoms with van der Waals surface area (Å²) in [6, 6.07) is 4.70. The second-order valence-corrected chi connectivity index (χ2v) is 5.83. The quantitative estimate of drug-likeness (QED) is 0.809. The number of cyclic esters (lactones) is 1. The van der Waals surface area contributed by atoms with Gasteiger partial charge in [-0.3, -0.25) is 9.91 Å². The molecule has 1 aromatic carbocycles. The highest BCUT2D eigenvalue weighted by molar-refractivity contribution is 5.90. The lowest BCUT2D eigenvalue weighted by atomic mass is 10.2. The molecule has 1 aromatic rings. The third kappa shape index (κ3) is 3.67. The molecule has 25 heavy (non-hydrogen) atoms. The van der Waals surface area contributed by atoms with Gasteiger partial charge in [-0.2, -0.15) is 5.10 Å². The van der Waals surface area contributed by atoms with E-state index in [9.17, 15) is 9.18 Å². The molecule has 0 spiro atoms. The second kappa shape index (κ2) is 7.40. The van der Waals surface area contributed by atoms with Crippen LogP contribution in [0.4, 0.5) is 20.6 Å². The molecule has 1 atom stereocenters. The normalized spacial score (nSPS) is 20.0. The molecule has 2 heterocycles. The molecule has 1 unspecified atom stereocenters. The first-order valence-corrected chi connectivity index (χ1v) is 8.04. The highest BCUT2D eigenvalue weighted by atomic mass is 19.1. The van der Waals surface area contributed by atoms with Gasteiger partial charge in [0.05, 0.1) is 31.0 Å². The van der Waals surface area contributed by atoms with Gasteiger partial charge < -0.3 is 15.0 Å². The Labute approximate surface area is 146 Å². The lowest BCUT2D eigenvalue weighted by Gasteiger charge is -2.29. The van der Waals surface area contributed by atoms with Crippen LogP contribution in [0.5, 0.6) is 0 Å². The summed E-state index contributed by atoms with van der Waals surface area (Å²) in [6.45, 7) is 2.58. The molecule has 0 bridgehead atoms. The molecule has 2 aliphatic heterocycles. The summed E-state index contributed by atoms with van der Waals surface area (Å²) in [7, 11) is 1.79. The maximum atomic E-state index is 14.6. The molecule has 8 heteroatoms. The number of benzene rings is 1. The average molecular weight is 345 g/mol. The zero-order valence-corrected chi connectivity index (χ0v) is 14.0. The molecule has 132 valence electrons. The lowest BCUT2D eigenvalue weighted by Crippen LogP contribution is -2.38. The molecule has 0 aromatic heterocycles. The lowest BCUT2D eigenvalue weighted by molar-refractivity contribution is 0.141. The molecule has 3 rings (SSSR count). The van der Waals surface area contributed by atoms with E-state index in [1.165, 1.54) is 11.0 Å². The zero-order chi connectivity index (χ0) is 17.8. The Morgan fingerprint density at radius 1 is 1.48 bits per heavy atom. The Morgan fingerprint density at radius 2 is 2.32 bits per heavy atom. The van der Waals surface area contributed by atoms with Crippen LogP contribution < -0.4 is 15.1 Å². The van der Waals surface area contributed by atoms with E-state index >= 15 is 0 Å². The van der Waals surface area contributed by atoms with Gasteiger partial charge in [0.25, 0.3) is 0 Å². The number of nitrogens with zero attached hydrogens (tertiary/aromatic N) is 4. The third-order valence-electron chi connectivity index (χ3n) is 4.09. The number of anilines is 2. The fraction of sp³-hybridized carbons (Fsp3) is 0.412. The fourth-order valence-corrected chi connectivity index (χ4v) is 2.84. The van der Waals surface area contributed by atoms with Gasteiger partial charge in [-0.05, 0) is 25.2 Å². The number of nitrogens with one attached hydrogen (secondary N) is 1. The number of hydrazone groups is 1. The number of carbonyl (C=O) groups excluding carboxylic acids is 1. The van der Waals surface area contributed by atoms with E-state index in [1.807, 2.05) is 0 Å². The van der Waals surface area contributed by atoms with Gasteiger partial charge in [-0.1, -0.05) is 5.92 Å². The summed E-state index contributed by atoms with van der Waals surface area (Å²) < 4.78 is 19.8. The molecule has 0 saturated carbocycles. The van der Waals surface area contributed by atoms with E-state index in [0.717, 1.165) is 0 Å². The minimum Gasteiger partial charge on any atom is -0.443 e. The summed E-state index contributed by atoms with van der Waals surface area (Å²) in [4.78, 5) is 15.1. The van der Waals surface area contributed by atoms with Crippen molar-refractivity contribution in [1.82, 2.24) is 10.3 Å². The van der Waals surface area contributed by atoms with Gasteiger partial charge in [-0.25, -0.2) is 9.18 Å². The van der Waals surface area contributed by atoms with Crippen molar-refractivity contribution >= 4 is 23.8 Å². The minimum atomic E-state index is -0.461. The van der Waals surface area contributed by atoms with Gasteiger partial charge in [-0.15, -0.1) is 6.42 Å². The number of halogens is 1. The van der Waals surface area contributed by atoms with E-state index in [1.54, 1.807) is 35.4 Å². The Morgan fingerprint density at radius 3 is 2.96 bits per heavy atom. The van der Waals surface area contributed by atoms with Crippen molar-refractivity contribution in [2.75, 3.05) is 49.6 Å². The fourth-order valence-electron chi connectivity index (χ4n) is 2.84. The monoisotopic (exact) mass is 345 g/mol. The van der Waals surface area contributed by atoms with E-state index in [0.29, 0.717) is 44.1 Å². The molecule has 0 radical (unpaired) electrons. The van der Waals surface area contributed by atoms with Crippen LogP contribution in [0.2, 0.25) is 0 Å². The predicted octanol–water partition coefficient (Wildman–Crippen LogP) is 1.07. The Hall–Kier alpha value is -2.79. The molecule has 2 aliphatic rings. The summed E-state index contributed by atoms with van der Waals surface area (Å²) in [5.41, 5.74) is 0.889. The maximum Gasteiger partial charge on any atom is 0.414 e. The Balaban J connectivity index is 1.73. The number of rotatable bonds is 5. The van der Waals surface area contributed by atoms with Gasteiger partial charge in [0, 0.05) is 13.1 Å². The average Bonchev–Trinajstić information content (AvgIpc) is 2.97. The van der Waals surface area contributed by atoms with Crippen molar-refractivity contribution in [2.24, 2.45) is 5.10 Å². The first kappa shape index (κ1) is 17.0. The number of carbonyl (C=O) groups is 1. The summed E-state index contributed by atoms with van der Waals surface area (Å²) in [6.07, 6.45) is 6.12. The molecule has 1 N–H and O–H groups in total. The van der Waals surface area contributed by atoms with Gasteiger partial charge in [0.15, 0.2) is 0 Å². The van der Waals surface area contributed by atoms with Crippen molar-refractivity contribution in [1.29, 1.82) is 0 Å². The van der Waals surface area contributed by atoms with Crippen LogP contribution in [0.1, 0.15) is 0 Å². The molecule has 1 amide bonds. The molecule has 0 aliphatic carbocycles. The van der Waals surface area contributed by atoms with Crippen LogP contribution in [0.15, 0.2) is 23.3 Å². The summed E-state index contributed by atoms with van der Waals surface area (Å²) in [5.74, 6) is 2.11. The highest BCUT2D eigenvalue weighted by Crippen LogP contribution is 2.28. The van der Waals surface area contributed by atoms with E-state index in [2.05, 4.69) is 16.3 Å². The van der Waals surface area contributed by atoms with E-state index in [4.69, 9.17) is 11.2 Å². The van der Waals surface area contributed by atoms with Gasteiger partial charge in [0.2, 0.25) is 0 Å². The number of hydrogen-bond donors (Lipinski definition) is 1. The van der Waals surface area contributed by atoms with Crippen LogP contribution in [0.3, 0.4) is 0 Å². The highest BCUT2D eigenvalue weighted by Gasteiger charge is 2.32. The molecule has 1 saturated heterocycles. The smallest absolute Gasteiger partial charge is 0.414 e. The first-order chi connectivity index (χ1) is 12.1. The number of hydrogen-bond acceptors (Lipinski definition) is 6. The Kier molecular flexibility index (Phi) is 5.05. The minimum absolute atomic E-state index is 0.239. The van der Waals surface area contributed by atoms with Gasteiger partial charge in [0.1, 0.15) is 18.3 Å². The summed E-state index contributed by atoms with van der Waals surface area (Å²) >= 11 is 0. The molecular weight excluding hydrogens is 325 g/mol. The van der Waals surface area contributed by atoms with Crippen LogP contribution in [-0.2, 0) is 4.74 Å². The van der Waals surface area contributed by atoms with Crippen LogP contribution in [0.25, 0.3) is 0 Å². The van der Waals surface area contributed by atoms with Crippen LogP contribution in [-0.4, -0.2) is 63.3 Å². The largest absolute Gasteiger partial charge is 0.443 e. The number of amides is 1. The van der Waals surface area contributed by atoms with Crippen molar-refractivity contribution < 1.29 is 13.9 Å². The van der Waals surface area contributed by atoms with E-state index in [-0.39, 0.29) is 6.10 Å². The predicted molar refractivity (Wildman–Crippen MR) is 94.2 cm³/mol. The standard InChI is InChI=1S/C17H20FN5O2/c1-3-6-22-8-7-21(12-20-22)16-5-4-13(9-15(16)18)23-11-14(10-19-2)25-17(23)24/h1,4-5,9,12,14,19H,6-8,10-11H2,2H3. The molecule has 7 nitrogen and oxygen atoms in total. The van der Waals surface area contributed by atoms with Crippen molar-refractivity contribution in [2.45, 2.75) is 6.10 Å². The molecular formula is C17H20FN5O2. The number of ether oxygens (including phenoxy) is 1. The SMILES string of the molecule is C#CCN1CCN(c2ccc(N3CC(CNC)OC3=O)cc2F)C=N1. The van der Waals surface area contributed by atoms with E-state index < -0.39 is 11.9 Å². The molecule has 1 fully saturated rings. The number of likely N-dealkylation sites (N-methyl/N-ethyl adjacent to an activating group) is 1. The summed E-state index contributed by atoms with van der Waals surface area (Å²) in [5, 5.41) is 8.90. The van der Waals surface area contributed by atoms with Crippen LogP contribution in [0, 0.1) is 18.2 Å². The Bertz CT molecular complexity index is 717. The zero-order valence-electron chi connectivity index (χ0n) is 14.0.